The number of H-pyrrole nitrogens is 1. The molecule has 3 rings (SSSR count). The molecule has 1 amide bonds. The van der Waals surface area contributed by atoms with Gasteiger partial charge >= 0.3 is 0 Å². The first-order chi connectivity index (χ1) is 14.2. The van der Waals surface area contributed by atoms with Crippen molar-refractivity contribution in [1.29, 1.82) is 0 Å². The fourth-order valence-corrected chi connectivity index (χ4v) is 3.97. The molecule has 1 aliphatic heterocycles. The van der Waals surface area contributed by atoms with Gasteiger partial charge in [-0.2, -0.15) is 0 Å². The van der Waals surface area contributed by atoms with Crippen molar-refractivity contribution in [2.75, 3.05) is 34.3 Å². The van der Waals surface area contributed by atoms with Gasteiger partial charge in [-0.25, -0.2) is 0 Å². The van der Waals surface area contributed by atoms with Crippen LogP contribution >= 0.6 is 0 Å². The van der Waals surface area contributed by atoms with Gasteiger partial charge in [0.25, 0.3) is 11.7 Å². The minimum Gasteiger partial charge on any atom is -0.507 e. The van der Waals surface area contributed by atoms with Crippen LogP contribution in [0.4, 0.5) is 0 Å². The average molecular weight is 412 g/mol. The molecule has 2 N–H and O–H groups in total. The molecule has 0 saturated carbocycles. The first-order valence-electron chi connectivity index (χ1n) is 9.90. The molecule has 1 aliphatic rings. The van der Waals surface area contributed by atoms with Gasteiger partial charge in [-0.05, 0) is 58.1 Å². The van der Waals surface area contributed by atoms with E-state index in [1.54, 1.807) is 19.2 Å². The lowest BCUT2D eigenvalue weighted by Crippen LogP contribution is -2.35. The second-order valence-electron chi connectivity index (χ2n) is 7.95. The van der Waals surface area contributed by atoms with E-state index >= 15 is 0 Å². The number of hydrogen-bond donors (Lipinski definition) is 2. The van der Waals surface area contributed by atoms with E-state index in [0.717, 1.165) is 22.5 Å². The van der Waals surface area contributed by atoms with Gasteiger partial charge in [0.2, 0.25) is 0 Å². The third-order valence-electron chi connectivity index (χ3n) is 5.66. The molecule has 1 aromatic heterocycles. The number of aliphatic hydroxyl groups excluding tert-OH is 1. The number of nitrogens with zero attached hydrogens (tertiary/aromatic N) is 2. The van der Waals surface area contributed by atoms with Crippen LogP contribution < -0.4 is 4.74 Å². The van der Waals surface area contributed by atoms with Crippen molar-refractivity contribution in [3.05, 3.63) is 57.9 Å². The number of carbonyl (C=O) groups excluding carboxylic acids is 2. The van der Waals surface area contributed by atoms with Crippen molar-refractivity contribution in [1.82, 2.24) is 14.8 Å². The zero-order chi connectivity index (χ0) is 22.2. The van der Waals surface area contributed by atoms with Gasteiger partial charge in [-0.3, -0.25) is 9.59 Å². The molecule has 1 aromatic carbocycles. The minimum absolute atomic E-state index is 0.109. The summed E-state index contributed by atoms with van der Waals surface area (Å²) in [6, 6.07) is 6.58. The number of hydrogen-bond acceptors (Lipinski definition) is 5. The van der Waals surface area contributed by atoms with E-state index in [0.29, 0.717) is 24.4 Å². The third kappa shape index (κ3) is 3.73. The van der Waals surface area contributed by atoms with Crippen LogP contribution in [-0.2, 0) is 9.59 Å². The van der Waals surface area contributed by atoms with E-state index in [2.05, 4.69) is 4.98 Å². The van der Waals surface area contributed by atoms with Gasteiger partial charge in [-0.15, -0.1) is 0 Å². The van der Waals surface area contributed by atoms with Crippen LogP contribution in [0.1, 0.15) is 34.1 Å². The normalized spacial score (nSPS) is 18.5. The van der Waals surface area contributed by atoms with E-state index in [1.165, 1.54) is 4.90 Å². The topological polar surface area (TPSA) is 85.9 Å². The molecular weight excluding hydrogens is 382 g/mol. The molecule has 1 fully saturated rings. The van der Waals surface area contributed by atoms with Crippen LogP contribution in [0.3, 0.4) is 0 Å². The van der Waals surface area contributed by atoms with Crippen molar-refractivity contribution in [3.8, 4) is 5.75 Å². The Kier molecular flexibility index (Phi) is 6.03. The molecular formula is C23H29N3O4. The first kappa shape index (κ1) is 21.6. The monoisotopic (exact) mass is 411 g/mol. The summed E-state index contributed by atoms with van der Waals surface area (Å²) in [5.74, 6) is -0.797. The molecule has 1 atom stereocenters. The Hall–Kier alpha value is -3.06. The van der Waals surface area contributed by atoms with Gasteiger partial charge in [0, 0.05) is 30.0 Å². The van der Waals surface area contributed by atoms with Gasteiger partial charge in [0.15, 0.2) is 0 Å². The van der Waals surface area contributed by atoms with Gasteiger partial charge < -0.3 is 24.6 Å². The highest BCUT2D eigenvalue weighted by Gasteiger charge is 2.46. The summed E-state index contributed by atoms with van der Waals surface area (Å²) in [5.41, 5.74) is 3.92. The van der Waals surface area contributed by atoms with Crippen molar-refractivity contribution in [2.45, 2.75) is 26.8 Å². The predicted molar refractivity (Wildman–Crippen MR) is 116 cm³/mol. The quantitative estimate of drug-likeness (QED) is 0.434. The minimum atomic E-state index is -0.686. The Bertz CT molecular complexity index is 1020. The molecule has 0 radical (unpaired) electrons. The number of aryl methyl sites for hydroxylation is 2. The maximum atomic E-state index is 13.1. The van der Waals surface area contributed by atoms with Gasteiger partial charge in [0.1, 0.15) is 11.5 Å². The van der Waals surface area contributed by atoms with E-state index in [1.807, 2.05) is 51.9 Å². The van der Waals surface area contributed by atoms with Crippen LogP contribution in [0, 0.1) is 20.8 Å². The average Bonchev–Trinajstić information content (AvgIpc) is 3.11. The Labute approximate surface area is 176 Å². The number of ketones is 1. The zero-order valence-electron chi connectivity index (χ0n) is 18.4. The van der Waals surface area contributed by atoms with E-state index in [9.17, 15) is 14.7 Å². The maximum absolute atomic E-state index is 13.1. The number of methoxy groups -OCH3 is 1. The Morgan fingerprint density at radius 3 is 2.47 bits per heavy atom. The van der Waals surface area contributed by atoms with Crippen LogP contribution in [0.25, 0.3) is 5.76 Å². The molecule has 1 saturated heterocycles. The smallest absolute Gasteiger partial charge is 0.295 e. The molecule has 0 spiro atoms. The highest BCUT2D eigenvalue weighted by atomic mass is 16.5. The second kappa shape index (κ2) is 8.36. The second-order valence-corrected chi connectivity index (χ2v) is 7.95. The summed E-state index contributed by atoms with van der Waals surface area (Å²) in [7, 11) is 5.39. The number of aromatic amines is 1. The van der Waals surface area contributed by atoms with Crippen LogP contribution in [0.15, 0.2) is 29.8 Å². The van der Waals surface area contributed by atoms with Crippen LogP contribution in [0.5, 0.6) is 5.75 Å². The summed E-state index contributed by atoms with van der Waals surface area (Å²) in [4.78, 5) is 32.7. The molecule has 0 aliphatic carbocycles. The number of carbonyl (C=O) groups is 2. The van der Waals surface area contributed by atoms with Crippen molar-refractivity contribution < 1.29 is 19.4 Å². The molecule has 30 heavy (non-hydrogen) atoms. The number of amides is 1. The lowest BCUT2D eigenvalue weighted by atomic mass is 9.94. The number of likely N-dealkylation sites (tertiary alicyclic amines) is 1. The number of benzene rings is 1. The third-order valence-corrected chi connectivity index (χ3v) is 5.66. The number of aliphatic hydroxyl groups is 1. The predicted octanol–water partition coefficient (Wildman–Crippen LogP) is 2.93. The molecule has 2 heterocycles. The fraction of sp³-hybridized carbons (Fsp3) is 0.391. The molecule has 0 bridgehead atoms. The van der Waals surface area contributed by atoms with Crippen molar-refractivity contribution in [3.63, 3.8) is 0 Å². The summed E-state index contributed by atoms with van der Waals surface area (Å²) in [6.07, 6.45) is 0. The summed E-state index contributed by atoms with van der Waals surface area (Å²) in [5, 5.41) is 11.3. The SMILES string of the molecule is COc1cccc(C2/C(=C(\O)c3c(C)[nH]c(C)c3C)C(=O)C(=O)N2CCN(C)C)c1. The van der Waals surface area contributed by atoms with Crippen LogP contribution in [-0.4, -0.2) is 65.9 Å². The largest absolute Gasteiger partial charge is 0.507 e. The maximum Gasteiger partial charge on any atom is 0.295 e. The van der Waals surface area contributed by atoms with E-state index in [-0.39, 0.29) is 11.3 Å². The van der Waals surface area contributed by atoms with Crippen LogP contribution in [0.2, 0.25) is 0 Å². The number of nitrogens with one attached hydrogen (secondary N) is 1. The Morgan fingerprint density at radius 1 is 1.20 bits per heavy atom. The lowest BCUT2D eigenvalue weighted by molar-refractivity contribution is -0.140. The highest BCUT2D eigenvalue weighted by Crippen LogP contribution is 2.41. The van der Waals surface area contributed by atoms with Gasteiger partial charge in [0.05, 0.1) is 18.7 Å². The van der Waals surface area contributed by atoms with Crippen molar-refractivity contribution >= 4 is 17.4 Å². The van der Waals surface area contributed by atoms with E-state index in [4.69, 9.17) is 4.74 Å². The standard InChI is InChI=1S/C23H29N3O4/c1-13-14(2)24-15(3)18(13)21(27)19-20(16-8-7-9-17(12-16)30-6)26(11-10-25(4)5)23(29)22(19)28/h7-9,12,20,24,27H,10-11H2,1-6H3/b21-19+. The summed E-state index contributed by atoms with van der Waals surface area (Å²) in [6.45, 7) is 6.60. The number of Topliss-reactive ketones (excluding diaryl/α,β-unsaturated/α-hetero) is 1. The number of aromatic nitrogens is 1. The number of ether oxygens (including phenoxy) is 1. The molecule has 7 heteroatoms. The first-order valence-corrected chi connectivity index (χ1v) is 9.90. The number of rotatable bonds is 6. The van der Waals surface area contributed by atoms with E-state index < -0.39 is 17.7 Å². The lowest BCUT2D eigenvalue weighted by Gasteiger charge is -2.26. The highest BCUT2D eigenvalue weighted by molar-refractivity contribution is 6.46. The molecule has 2 aromatic rings. The van der Waals surface area contributed by atoms with Gasteiger partial charge in [-0.1, -0.05) is 12.1 Å². The summed E-state index contributed by atoms with van der Waals surface area (Å²) < 4.78 is 5.34. The van der Waals surface area contributed by atoms with Crippen molar-refractivity contribution in [2.24, 2.45) is 0 Å². The Balaban J connectivity index is 2.22. The zero-order valence-corrected chi connectivity index (χ0v) is 18.4. The summed E-state index contributed by atoms with van der Waals surface area (Å²) >= 11 is 0. The molecule has 160 valence electrons. The number of likely N-dealkylation sites (N-methyl/N-ethyl adjacent to an activating group) is 1. The molecule has 1 unspecified atom stereocenters. The molecule has 7 nitrogen and oxygen atoms in total. The fourth-order valence-electron chi connectivity index (χ4n) is 3.97. The Morgan fingerprint density at radius 2 is 1.90 bits per heavy atom.